The molecule has 2 N–H and O–H groups in total. The third kappa shape index (κ3) is 3.04. The molecule has 0 aliphatic heterocycles. The summed E-state index contributed by atoms with van der Waals surface area (Å²) in [5, 5.41) is 8.30. The van der Waals surface area contributed by atoms with Crippen molar-refractivity contribution in [1.29, 1.82) is 0 Å². The molecule has 8 heteroatoms. The van der Waals surface area contributed by atoms with Crippen molar-refractivity contribution in [3.05, 3.63) is 64.2 Å². The minimum Gasteiger partial charge on any atom is -0.366 e. The van der Waals surface area contributed by atoms with Crippen LogP contribution in [0.2, 0.25) is 10.2 Å². The summed E-state index contributed by atoms with van der Waals surface area (Å²) in [4.78, 5) is 11.1. The Balaban J connectivity index is 2.18. The topological polar surface area (TPSA) is 73.8 Å². The van der Waals surface area contributed by atoms with Crippen molar-refractivity contribution < 1.29 is 9.18 Å². The molecule has 0 unspecified atom stereocenters. The van der Waals surface area contributed by atoms with Crippen LogP contribution in [0, 0.1) is 5.82 Å². The Morgan fingerprint density at radius 2 is 1.96 bits per heavy atom. The molecule has 23 heavy (non-hydrogen) atoms. The van der Waals surface area contributed by atoms with Crippen molar-refractivity contribution in [3.63, 3.8) is 0 Å². The van der Waals surface area contributed by atoms with Crippen molar-refractivity contribution in [3.8, 4) is 16.8 Å². The van der Waals surface area contributed by atoms with Crippen LogP contribution < -0.4 is 5.73 Å². The summed E-state index contributed by atoms with van der Waals surface area (Å²) >= 11 is 11.8. The summed E-state index contributed by atoms with van der Waals surface area (Å²) in [7, 11) is 0. The summed E-state index contributed by atoms with van der Waals surface area (Å²) < 4.78 is 15.5. The molecular weight excluding hydrogens is 342 g/mol. The molecule has 0 radical (unpaired) electrons. The first-order chi connectivity index (χ1) is 11.0. The maximum atomic E-state index is 14.0. The summed E-state index contributed by atoms with van der Waals surface area (Å²) in [6.07, 6.45) is 1.52. The Kier molecular flexibility index (Phi) is 4.02. The van der Waals surface area contributed by atoms with Gasteiger partial charge in [-0.05, 0) is 35.9 Å². The molecule has 0 saturated heterocycles. The average Bonchev–Trinajstić information content (AvgIpc) is 2.93. The highest BCUT2D eigenvalue weighted by Gasteiger charge is 2.14. The van der Waals surface area contributed by atoms with Crippen molar-refractivity contribution in [2.24, 2.45) is 5.73 Å². The first-order valence-electron chi connectivity index (χ1n) is 6.43. The van der Waals surface area contributed by atoms with Crippen LogP contribution in [0.4, 0.5) is 4.39 Å². The Morgan fingerprint density at radius 3 is 2.57 bits per heavy atom. The van der Waals surface area contributed by atoms with Crippen molar-refractivity contribution >= 4 is 29.1 Å². The van der Waals surface area contributed by atoms with Gasteiger partial charge >= 0.3 is 0 Å². The van der Waals surface area contributed by atoms with E-state index >= 15 is 0 Å². The van der Waals surface area contributed by atoms with Gasteiger partial charge in [-0.2, -0.15) is 0 Å². The standard InChI is InChI=1S/C15H9Cl2FN4O/c16-9-2-4-13(22-7-14(17)20-21-22)11(6-9)8-1-3-10(15(19)23)12(18)5-8/h1-7H,(H2,19,23). The molecule has 0 aliphatic carbocycles. The molecule has 116 valence electrons. The molecular formula is C15H9Cl2FN4O. The van der Waals surface area contributed by atoms with E-state index in [1.165, 1.54) is 23.0 Å². The van der Waals surface area contributed by atoms with Crippen LogP contribution >= 0.6 is 23.2 Å². The fraction of sp³-hybridized carbons (Fsp3) is 0. The maximum Gasteiger partial charge on any atom is 0.251 e. The van der Waals surface area contributed by atoms with Gasteiger partial charge in [0.25, 0.3) is 5.91 Å². The van der Waals surface area contributed by atoms with Gasteiger partial charge in [-0.15, -0.1) is 5.10 Å². The number of benzene rings is 2. The number of rotatable bonds is 3. The van der Waals surface area contributed by atoms with Crippen molar-refractivity contribution in [1.82, 2.24) is 15.0 Å². The van der Waals surface area contributed by atoms with E-state index in [1.54, 1.807) is 24.3 Å². The number of amides is 1. The predicted octanol–water partition coefficient (Wildman–Crippen LogP) is 3.48. The largest absolute Gasteiger partial charge is 0.366 e. The van der Waals surface area contributed by atoms with Gasteiger partial charge in [0.15, 0.2) is 5.15 Å². The molecule has 0 fully saturated rings. The van der Waals surface area contributed by atoms with E-state index in [9.17, 15) is 9.18 Å². The zero-order valence-electron chi connectivity index (χ0n) is 11.5. The summed E-state index contributed by atoms with van der Waals surface area (Å²) in [5.41, 5.74) is 6.66. The minimum atomic E-state index is -0.830. The molecule has 0 atom stereocenters. The molecule has 0 bridgehead atoms. The van der Waals surface area contributed by atoms with Gasteiger partial charge in [0, 0.05) is 10.6 Å². The van der Waals surface area contributed by atoms with Gasteiger partial charge in [-0.3, -0.25) is 4.79 Å². The van der Waals surface area contributed by atoms with Gasteiger partial charge in [0.2, 0.25) is 0 Å². The van der Waals surface area contributed by atoms with Crippen LogP contribution in [0.25, 0.3) is 16.8 Å². The van der Waals surface area contributed by atoms with Crippen LogP contribution in [-0.2, 0) is 0 Å². The van der Waals surface area contributed by atoms with E-state index in [4.69, 9.17) is 28.9 Å². The molecule has 2 aromatic carbocycles. The second-order valence-corrected chi connectivity index (χ2v) is 5.53. The van der Waals surface area contributed by atoms with E-state index in [2.05, 4.69) is 10.3 Å². The molecule has 5 nitrogen and oxygen atoms in total. The quantitative estimate of drug-likeness (QED) is 0.785. The van der Waals surface area contributed by atoms with E-state index in [0.29, 0.717) is 21.8 Å². The highest BCUT2D eigenvalue weighted by molar-refractivity contribution is 6.31. The lowest BCUT2D eigenvalue weighted by Gasteiger charge is -2.11. The molecule has 3 aromatic rings. The van der Waals surface area contributed by atoms with Gasteiger partial charge in [0.05, 0.1) is 17.4 Å². The summed E-state index contributed by atoms with van der Waals surface area (Å²) in [6, 6.07) is 9.16. The number of nitrogens with two attached hydrogens (primary N) is 1. The Labute approximate surface area is 140 Å². The summed E-state index contributed by atoms with van der Waals surface area (Å²) in [6.45, 7) is 0. The number of aromatic nitrogens is 3. The lowest BCUT2D eigenvalue weighted by atomic mass is 10.0. The lowest BCUT2D eigenvalue weighted by molar-refractivity contribution is 0.0996. The number of carbonyl (C=O) groups excluding carboxylic acids is 1. The van der Waals surface area contributed by atoms with E-state index in [0.717, 1.165) is 0 Å². The third-order valence-corrected chi connectivity index (χ3v) is 3.62. The van der Waals surface area contributed by atoms with Gasteiger partial charge < -0.3 is 5.73 Å². The van der Waals surface area contributed by atoms with Crippen LogP contribution in [-0.4, -0.2) is 20.9 Å². The van der Waals surface area contributed by atoms with Crippen molar-refractivity contribution in [2.45, 2.75) is 0 Å². The fourth-order valence-electron chi connectivity index (χ4n) is 2.18. The molecule has 1 heterocycles. The average molecular weight is 351 g/mol. The molecule has 0 aliphatic rings. The van der Waals surface area contributed by atoms with Gasteiger partial charge in [0.1, 0.15) is 5.82 Å². The third-order valence-electron chi connectivity index (χ3n) is 3.22. The smallest absolute Gasteiger partial charge is 0.251 e. The van der Waals surface area contributed by atoms with E-state index in [-0.39, 0.29) is 10.7 Å². The van der Waals surface area contributed by atoms with Crippen LogP contribution in [0.1, 0.15) is 10.4 Å². The summed E-state index contributed by atoms with van der Waals surface area (Å²) in [5.74, 6) is -1.54. The number of halogens is 3. The van der Waals surface area contributed by atoms with E-state index < -0.39 is 11.7 Å². The second-order valence-electron chi connectivity index (χ2n) is 4.71. The Bertz CT molecular complexity index is 910. The van der Waals surface area contributed by atoms with Crippen LogP contribution in [0.5, 0.6) is 0 Å². The highest BCUT2D eigenvalue weighted by Crippen LogP contribution is 2.30. The number of primary amides is 1. The monoisotopic (exact) mass is 350 g/mol. The molecule has 0 spiro atoms. The van der Waals surface area contributed by atoms with Crippen LogP contribution in [0.15, 0.2) is 42.6 Å². The number of hydrogen-bond donors (Lipinski definition) is 1. The minimum absolute atomic E-state index is 0.180. The molecule has 0 saturated carbocycles. The Hall–Kier alpha value is -2.44. The fourth-order valence-corrected chi connectivity index (χ4v) is 2.48. The zero-order valence-corrected chi connectivity index (χ0v) is 13.0. The normalized spacial score (nSPS) is 10.7. The lowest BCUT2D eigenvalue weighted by Crippen LogP contribution is -2.13. The zero-order chi connectivity index (χ0) is 16.6. The maximum absolute atomic E-state index is 14.0. The molecule has 3 rings (SSSR count). The van der Waals surface area contributed by atoms with Gasteiger partial charge in [-0.25, -0.2) is 9.07 Å². The number of nitrogens with zero attached hydrogens (tertiary/aromatic N) is 3. The second kappa shape index (κ2) is 5.98. The molecule has 1 aromatic heterocycles. The molecule has 1 amide bonds. The van der Waals surface area contributed by atoms with Crippen LogP contribution in [0.3, 0.4) is 0 Å². The Morgan fingerprint density at radius 1 is 1.17 bits per heavy atom. The SMILES string of the molecule is NC(=O)c1ccc(-c2cc(Cl)ccc2-n2cc(Cl)nn2)cc1F. The first-order valence-corrected chi connectivity index (χ1v) is 7.19. The number of carbonyl (C=O) groups is 1. The predicted molar refractivity (Wildman–Crippen MR) is 85.3 cm³/mol. The van der Waals surface area contributed by atoms with Crippen molar-refractivity contribution in [2.75, 3.05) is 0 Å². The highest BCUT2D eigenvalue weighted by atomic mass is 35.5. The number of hydrogen-bond acceptors (Lipinski definition) is 3. The van der Waals surface area contributed by atoms with Gasteiger partial charge in [-0.1, -0.05) is 34.5 Å². The van der Waals surface area contributed by atoms with E-state index in [1.807, 2.05) is 0 Å². The first kappa shape index (κ1) is 15.5.